The molecule has 0 radical (unpaired) electrons. The van der Waals surface area contributed by atoms with Crippen LogP contribution in [0.5, 0.6) is 0 Å². The number of benzene rings is 3. The number of hydrogen-bond donors (Lipinski definition) is 2. The number of anilines is 1. The van der Waals surface area contributed by atoms with Crippen molar-refractivity contribution in [3.8, 4) is 0 Å². The Kier molecular flexibility index (Phi) is 4.95. The second-order valence-electron chi connectivity index (χ2n) is 5.69. The van der Waals surface area contributed by atoms with Crippen LogP contribution in [0.1, 0.15) is 5.56 Å². The van der Waals surface area contributed by atoms with E-state index in [4.69, 9.17) is 0 Å². The number of carbonyl (C=O) groups is 2. The lowest BCUT2D eigenvalue weighted by Crippen LogP contribution is -2.50. The van der Waals surface area contributed by atoms with Crippen molar-refractivity contribution in [3.63, 3.8) is 0 Å². The van der Waals surface area contributed by atoms with Gasteiger partial charge in [-0.15, -0.1) is 0 Å². The summed E-state index contributed by atoms with van der Waals surface area (Å²) < 4.78 is 0. The van der Waals surface area contributed by atoms with Crippen molar-refractivity contribution in [1.82, 2.24) is 5.32 Å². The first-order valence-corrected chi connectivity index (χ1v) is 7.93. The molecule has 0 aromatic heterocycles. The van der Waals surface area contributed by atoms with Gasteiger partial charge in [-0.1, -0.05) is 66.7 Å². The predicted octanol–water partition coefficient (Wildman–Crippen LogP) is 2.32. The smallest absolute Gasteiger partial charge is 0.319 e. The lowest BCUT2D eigenvalue weighted by Gasteiger charge is -2.20. The van der Waals surface area contributed by atoms with Crippen molar-refractivity contribution < 1.29 is 14.7 Å². The molecule has 5 heteroatoms. The van der Waals surface area contributed by atoms with Gasteiger partial charge in [-0.05, 0) is 23.4 Å². The monoisotopic (exact) mass is 333 g/mol. The quantitative estimate of drug-likeness (QED) is 0.752. The van der Waals surface area contributed by atoms with Gasteiger partial charge >= 0.3 is 6.03 Å². The maximum absolute atomic E-state index is 12.2. The molecule has 3 aromatic carbocycles. The molecule has 0 unspecified atom stereocenters. The molecular formula is C20H17N2O3-. The van der Waals surface area contributed by atoms with Crippen LogP contribution in [0, 0.1) is 0 Å². The highest BCUT2D eigenvalue weighted by molar-refractivity contribution is 6.02. The molecule has 5 nitrogen and oxygen atoms in total. The zero-order valence-corrected chi connectivity index (χ0v) is 13.4. The Bertz CT molecular complexity index is 888. The van der Waals surface area contributed by atoms with Gasteiger partial charge in [-0.25, -0.2) is 4.79 Å². The minimum absolute atomic E-state index is 0.159. The average molecular weight is 333 g/mol. The van der Waals surface area contributed by atoms with Crippen LogP contribution in [-0.4, -0.2) is 18.0 Å². The van der Waals surface area contributed by atoms with Gasteiger partial charge in [-0.3, -0.25) is 0 Å². The third-order valence-corrected chi connectivity index (χ3v) is 3.91. The van der Waals surface area contributed by atoms with Gasteiger partial charge in [0.05, 0.1) is 17.7 Å². The van der Waals surface area contributed by atoms with Gasteiger partial charge in [0, 0.05) is 5.39 Å². The normalized spacial score (nSPS) is 11.7. The van der Waals surface area contributed by atoms with Gasteiger partial charge in [0.1, 0.15) is 0 Å². The fourth-order valence-corrected chi connectivity index (χ4v) is 2.69. The van der Waals surface area contributed by atoms with Gasteiger partial charge in [0.25, 0.3) is 0 Å². The number of carbonyl (C=O) groups excluding carboxylic acids is 2. The highest BCUT2D eigenvalue weighted by Crippen LogP contribution is 2.22. The predicted molar refractivity (Wildman–Crippen MR) is 95.0 cm³/mol. The second-order valence-corrected chi connectivity index (χ2v) is 5.69. The van der Waals surface area contributed by atoms with Crippen LogP contribution in [0.25, 0.3) is 10.8 Å². The van der Waals surface area contributed by atoms with E-state index >= 15 is 0 Å². The van der Waals surface area contributed by atoms with E-state index in [1.54, 1.807) is 18.2 Å². The fraction of sp³-hybridized carbons (Fsp3) is 0.100. The number of aliphatic carboxylic acids is 1. The topological polar surface area (TPSA) is 81.3 Å². The van der Waals surface area contributed by atoms with E-state index in [1.165, 1.54) is 0 Å². The Labute approximate surface area is 145 Å². The number of urea groups is 1. The van der Waals surface area contributed by atoms with E-state index in [0.29, 0.717) is 5.69 Å². The van der Waals surface area contributed by atoms with E-state index in [0.717, 1.165) is 16.3 Å². The van der Waals surface area contributed by atoms with Crippen LogP contribution < -0.4 is 15.7 Å². The van der Waals surface area contributed by atoms with E-state index in [9.17, 15) is 14.7 Å². The largest absolute Gasteiger partial charge is 0.548 e. The summed E-state index contributed by atoms with van der Waals surface area (Å²) in [6.07, 6.45) is 0.159. The average Bonchev–Trinajstić information content (AvgIpc) is 2.62. The Hall–Kier alpha value is -3.34. The van der Waals surface area contributed by atoms with Crippen molar-refractivity contribution in [2.75, 3.05) is 5.32 Å². The Balaban J connectivity index is 1.72. The van der Waals surface area contributed by atoms with Crippen LogP contribution in [0.4, 0.5) is 10.5 Å². The van der Waals surface area contributed by atoms with Gasteiger partial charge in [0.15, 0.2) is 0 Å². The third kappa shape index (κ3) is 4.14. The minimum atomic E-state index is -1.32. The Morgan fingerprint density at radius 1 is 0.880 bits per heavy atom. The first-order chi connectivity index (χ1) is 12.1. The molecular weight excluding hydrogens is 316 g/mol. The maximum Gasteiger partial charge on any atom is 0.319 e. The molecule has 0 saturated heterocycles. The van der Waals surface area contributed by atoms with Crippen LogP contribution in [0.15, 0.2) is 72.8 Å². The summed E-state index contributed by atoms with van der Waals surface area (Å²) in [5.74, 6) is -1.32. The molecule has 1 atom stereocenters. The molecule has 3 rings (SSSR count). The summed E-state index contributed by atoms with van der Waals surface area (Å²) in [4.78, 5) is 23.6. The highest BCUT2D eigenvalue weighted by atomic mass is 16.4. The molecule has 3 aromatic rings. The van der Waals surface area contributed by atoms with Crippen molar-refractivity contribution in [3.05, 3.63) is 78.4 Å². The SMILES string of the molecule is O=C(Nc1cccc2ccccc12)N[C@H](Cc1ccccc1)C(=O)[O-]. The first-order valence-electron chi connectivity index (χ1n) is 7.93. The number of nitrogens with one attached hydrogen (secondary N) is 2. The molecule has 0 bridgehead atoms. The molecule has 25 heavy (non-hydrogen) atoms. The van der Waals surface area contributed by atoms with E-state index < -0.39 is 18.0 Å². The fourth-order valence-electron chi connectivity index (χ4n) is 2.69. The van der Waals surface area contributed by atoms with E-state index in [1.807, 2.05) is 54.6 Å². The maximum atomic E-state index is 12.2. The molecule has 0 aliphatic heterocycles. The number of fused-ring (bicyclic) bond motifs is 1. The van der Waals surface area contributed by atoms with E-state index in [-0.39, 0.29) is 6.42 Å². The van der Waals surface area contributed by atoms with Crippen molar-refractivity contribution in [2.24, 2.45) is 0 Å². The summed E-state index contributed by atoms with van der Waals surface area (Å²) in [5, 5.41) is 18.4. The number of carboxylic acids is 1. The second kappa shape index (κ2) is 7.49. The third-order valence-electron chi connectivity index (χ3n) is 3.91. The number of carboxylic acid groups (broad SMARTS) is 1. The van der Waals surface area contributed by atoms with Gasteiger partial charge in [0.2, 0.25) is 0 Å². The van der Waals surface area contributed by atoms with Crippen molar-refractivity contribution >= 4 is 28.5 Å². The molecule has 2 amide bonds. The molecule has 2 N–H and O–H groups in total. The summed E-state index contributed by atoms with van der Waals surface area (Å²) in [6.45, 7) is 0. The molecule has 0 aliphatic carbocycles. The highest BCUT2D eigenvalue weighted by Gasteiger charge is 2.15. The summed E-state index contributed by atoms with van der Waals surface area (Å²) in [6, 6.07) is 20.6. The molecule has 0 fully saturated rings. The van der Waals surface area contributed by atoms with Crippen molar-refractivity contribution in [1.29, 1.82) is 0 Å². The summed E-state index contributed by atoms with van der Waals surface area (Å²) >= 11 is 0. The molecule has 126 valence electrons. The van der Waals surface area contributed by atoms with Crippen LogP contribution in [0.3, 0.4) is 0 Å². The molecule has 0 aliphatic rings. The minimum Gasteiger partial charge on any atom is -0.548 e. The molecule has 0 heterocycles. The summed E-state index contributed by atoms with van der Waals surface area (Å²) in [7, 11) is 0. The molecule has 0 spiro atoms. The van der Waals surface area contributed by atoms with Gasteiger partial charge < -0.3 is 20.5 Å². The van der Waals surface area contributed by atoms with Crippen LogP contribution in [0.2, 0.25) is 0 Å². The zero-order chi connectivity index (χ0) is 17.6. The Morgan fingerprint density at radius 2 is 1.56 bits per heavy atom. The standard InChI is InChI=1S/C20H18N2O3/c23-19(24)18(13-14-7-2-1-3-8-14)22-20(25)21-17-12-6-10-15-9-4-5-11-16(15)17/h1-12,18H,13H2,(H,23,24)(H2,21,22,25)/p-1/t18-/m1/s1. The number of hydrogen-bond acceptors (Lipinski definition) is 3. The molecule has 0 saturated carbocycles. The van der Waals surface area contributed by atoms with Crippen molar-refractivity contribution in [2.45, 2.75) is 12.5 Å². The van der Waals surface area contributed by atoms with Crippen LogP contribution in [-0.2, 0) is 11.2 Å². The van der Waals surface area contributed by atoms with Gasteiger partial charge in [-0.2, -0.15) is 0 Å². The summed E-state index contributed by atoms with van der Waals surface area (Å²) in [5.41, 5.74) is 1.43. The number of amides is 2. The van der Waals surface area contributed by atoms with Crippen LogP contribution >= 0.6 is 0 Å². The number of rotatable bonds is 5. The Morgan fingerprint density at radius 3 is 2.32 bits per heavy atom. The lowest BCUT2D eigenvalue weighted by atomic mass is 10.1. The lowest BCUT2D eigenvalue weighted by molar-refractivity contribution is -0.308. The first kappa shape index (κ1) is 16.5. The zero-order valence-electron chi connectivity index (χ0n) is 13.4. The van der Waals surface area contributed by atoms with E-state index in [2.05, 4.69) is 10.6 Å².